The fourth-order valence-corrected chi connectivity index (χ4v) is 1.84. The molecule has 0 bridgehead atoms. The molecule has 0 saturated heterocycles. The van der Waals surface area contributed by atoms with Gasteiger partial charge in [-0.2, -0.15) is 5.26 Å². The number of hydrogen-bond acceptors (Lipinski definition) is 5. The van der Waals surface area contributed by atoms with Crippen molar-refractivity contribution in [3.8, 4) is 11.9 Å². The zero-order valence-electron chi connectivity index (χ0n) is 11.1. The average molecular weight is 276 g/mol. The second-order valence-corrected chi connectivity index (χ2v) is 4.39. The number of rotatable bonds is 4. The lowest BCUT2D eigenvalue weighted by Crippen LogP contribution is -2.02. The topological polar surface area (TPSA) is 79.4 Å². The van der Waals surface area contributed by atoms with Crippen LogP contribution in [-0.4, -0.2) is 19.5 Å². The smallest absolute Gasteiger partial charge is 0.140 e. The Hall–Kier alpha value is -3.20. The van der Waals surface area contributed by atoms with E-state index in [2.05, 4.69) is 20.3 Å². The van der Waals surface area contributed by atoms with Crippen molar-refractivity contribution in [3.05, 3.63) is 66.6 Å². The lowest BCUT2D eigenvalue weighted by atomic mass is 10.2. The van der Waals surface area contributed by atoms with Crippen LogP contribution in [0.25, 0.3) is 5.82 Å². The first-order valence-corrected chi connectivity index (χ1v) is 6.38. The largest absolute Gasteiger partial charge is 0.380 e. The van der Waals surface area contributed by atoms with Crippen molar-refractivity contribution in [1.82, 2.24) is 19.5 Å². The molecule has 0 aromatic carbocycles. The average Bonchev–Trinajstić information content (AvgIpc) is 3.08. The van der Waals surface area contributed by atoms with Gasteiger partial charge in [-0.25, -0.2) is 15.0 Å². The predicted molar refractivity (Wildman–Crippen MR) is 77.6 cm³/mol. The van der Waals surface area contributed by atoms with E-state index in [0.29, 0.717) is 12.2 Å². The highest BCUT2D eigenvalue weighted by Crippen LogP contribution is 2.09. The highest BCUT2D eigenvalue weighted by Gasteiger charge is 1.99. The van der Waals surface area contributed by atoms with Crippen LogP contribution in [0, 0.1) is 11.3 Å². The van der Waals surface area contributed by atoms with Crippen LogP contribution in [0.3, 0.4) is 0 Å². The van der Waals surface area contributed by atoms with Crippen molar-refractivity contribution in [3.63, 3.8) is 0 Å². The molecule has 6 nitrogen and oxygen atoms in total. The first kappa shape index (κ1) is 12.8. The van der Waals surface area contributed by atoms with Crippen LogP contribution in [0.2, 0.25) is 0 Å². The highest BCUT2D eigenvalue weighted by atomic mass is 15.1. The summed E-state index contributed by atoms with van der Waals surface area (Å²) < 4.78 is 1.85. The van der Waals surface area contributed by atoms with E-state index < -0.39 is 0 Å². The van der Waals surface area contributed by atoms with E-state index in [9.17, 15) is 0 Å². The normalized spacial score (nSPS) is 10.0. The minimum atomic E-state index is 0.409. The highest BCUT2D eigenvalue weighted by molar-refractivity contribution is 5.43. The summed E-state index contributed by atoms with van der Waals surface area (Å²) in [5.74, 6) is 0.830. The standard InChI is InChI=1S/C15H12N6/c16-7-13-2-3-14(10-19-13)18-8-12-1-4-15(20-9-12)21-6-5-17-11-21/h1-6,9-11,18H,8H2. The molecule has 0 aliphatic rings. The number of pyridine rings is 2. The molecule has 0 aliphatic heterocycles. The molecular formula is C15H12N6. The molecule has 0 amide bonds. The van der Waals surface area contributed by atoms with Gasteiger partial charge < -0.3 is 5.32 Å². The van der Waals surface area contributed by atoms with Gasteiger partial charge in [0, 0.05) is 25.1 Å². The quantitative estimate of drug-likeness (QED) is 0.789. The number of aromatic nitrogens is 4. The fraction of sp³-hybridized carbons (Fsp3) is 0.0667. The maximum absolute atomic E-state index is 8.69. The monoisotopic (exact) mass is 276 g/mol. The van der Waals surface area contributed by atoms with Gasteiger partial charge in [-0.05, 0) is 23.8 Å². The molecule has 0 radical (unpaired) electrons. The summed E-state index contributed by atoms with van der Waals surface area (Å²) in [5.41, 5.74) is 2.34. The maximum atomic E-state index is 8.69. The Morgan fingerprint density at radius 3 is 2.71 bits per heavy atom. The summed E-state index contributed by atoms with van der Waals surface area (Å²) in [4.78, 5) is 12.4. The summed E-state index contributed by atoms with van der Waals surface area (Å²) >= 11 is 0. The molecule has 0 aliphatic carbocycles. The molecule has 102 valence electrons. The van der Waals surface area contributed by atoms with Crippen LogP contribution in [0.15, 0.2) is 55.4 Å². The summed E-state index contributed by atoms with van der Waals surface area (Å²) in [5, 5.41) is 11.9. The minimum absolute atomic E-state index is 0.409. The first-order chi connectivity index (χ1) is 10.3. The van der Waals surface area contributed by atoms with Crippen molar-refractivity contribution < 1.29 is 0 Å². The number of anilines is 1. The molecule has 3 heterocycles. The van der Waals surface area contributed by atoms with Crippen molar-refractivity contribution in [2.24, 2.45) is 0 Å². The number of nitrogens with one attached hydrogen (secondary N) is 1. The third-order valence-corrected chi connectivity index (χ3v) is 2.95. The molecule has 21 heavy (non-hydrogen) atoms. The van der Waals surface area contributed by atoms with Crippen LogP contribution in [-0.2, 0) is 6.54 Å². The lowest BCUT2D eigenvalue weighted by Gasteiger charge is -2.07. The molecule has 0 atom stereocenters. The molecule has 6 heteroatoms. The van der Waals surface area contributed by atoms with Crippen LogP contribution in [0.5, 0.6) is 0 Å². The van der Waals surface area contributed by atoms with Crippen LogP contribution < -0.4 is 5.32 Å². The maximum Gasteiger partial charge on any atom is 0.140 e. The molecule has 3 aromatic heterocycles. The second-order valence-electron chi connectivity index (χ2n) is 4.39. The Morgan fingerprint density at radius 1 is 1.14 bits per heavy atom. The first-order valence-electron chi connectivity index (χ1n) is 6.38. The van der Waals surface area contributed by atoms with Crippen molar-refractivity contribution >= 4 is 5.69 Å². The Morgan fingerprint density at radius 2 is 2.10 bits per heavy atom. The predicted octanol–water partition coefficient (Wildman–Crippen LogP) is 2.15. The van der Waals surface area contributed by atoms with E-state index in [-0.39, 0.29) is 0 Å². The molecule has 0 saturated carbocycles. The van der Waals surface area contributed by atoms with Gasteiger partial charge in [0.25, 0.3) is 0 Å². The van der Waals surface area contributed by atoms with Crippen molar-refractivity contribution in [2.75, 3.05) is 5.32 Å². The second kappa shape index (κ2) is 5.84. The number of nitriles is 1. The molecule has 0 unspecified atom stereocenters. The van der Waals surface area contributed by atoms with Gasteiger partial charge in [0.15, 0.2) is 0 Å². The van der Waals surface area contributed by atoms with E-state index in [1.807, 2.05) is 41.2 Å². The molecule has 0 spiro atoms. The Bertz CT molecular complexity index is 738. The number of imidazole rings is 1. The van der Waals surface area contributed by atoms with Gasteiger partial charge in [0.05, 0.1) is 11.9 Å². The Balaban J connectivity index is 1.64. The van der Waals surface area contributed by atoms with Gasteiger partial charge in [-0.15, -0.1) is 0 Å². The van der Waals surface area contributed by atoms with Crippen LogP contribution in [0.4, 0.5) is 5.69 Å². The molecular weight excluding hydrogens is 264 g/mol. The molecule has 1 N–H and O–H groups in total. The summed E-state index contributed by atoms with van der Waals surface area (Å²) in [7, 11) is 0. The minimum Gasteiger partial charge on any atom is -0.380 e. The zero-order chi connectivity index (χ0) is 14.5. The van der Waals surface area contributed by atoms with E-state index in [0.717, 1.165) is 17.1 Å². The molecule has 0 fully saturated rings. The summed E-state index contributed by atoms with van der Waals surface area (Å²) in [6.07, 6.45) is 8.74. The van der Waals surface area contributed by atoms with Crippen molar-refractivity contribution in [2.45, 2.75) is 6.54 Å². The Kier molecular flexibility index (Phi) is 3.56. The van der Waals surface area contributed by atoms with Gasteiger partial charge in [0.2, 0.25) is 0 Å². The van der Waals surface area contributed by atoms with Crippen molar-refractivity contribution in [1.29, 1.82) is 5.26 Å². The molecule has 3 aromatic rings. The van der Waals surface area contributed by atoms with Crippen LogP contribution in [0.1, 0.15) is 11.3 Å². The number of hydrogen-bond donors (Lipinski definition) is 1. The van der Waals surface area contributed by atoms with Gasteiger partial charge in [-0.3, -0.25) is 4.57 Å². The van der Waals surface area contributed by atoms with E-state index >= 15 is 0 Å². The van der Waals surface area contributed by atoms with Gasteiger partial charge in [-0.1, -0.05) is 6.07 Å². The van der Waals surface area contributed by atoms with E-state index in [4.69, 9.17) is 5.26 Å². The summed E-state index contributed by atoms with van der Waals surface area (Å²) in [6, 6.07) is 9.45. The number of nitrogens with zero attached hydrogens (tertiary/aromatic N) is 5. The van der Waals surface area contributed by atoms with Crippen LogP contribution >= 0.6 is 0 Å². The SMILES string of the molecule is N#Cc1ccc(NCc2ccc(-n3ccnc3)nc2)cn1. The summed E-state index contributed by atoms with van der Waals surface area (Å²) in [6.45, 7) is 0.644. The van der Waals surface area contributed by atoms with Gasteiger partial charge in [0.1, 0.15) is 23.9 Å². The zero-order valence-corrected chi connectivity index (χ0v) is 11.1. The molecule has 3 rings (SSSR count). The van der Waals surface area contributed by atoms with Gasteiger partial charge >= 0.3 is 0 Å². The third-order valence-electron chi connectivity index (χ3n) is 2.95. The third kappa shape index (κ3) is 3.04. The van der Waals surface area contributed by atoms with E-state index in [1.54, 1.807) is 24.8 Å². The lowest BCUT2D eigenvalue weighted by molar-refractivity contribution is 0.978. The fourth-order valence-electron chi connectivity index (χ4n) is 1.84. The van der Waals surface area contributed by atoms with E-state index in [1.165, 1.54) is 0 Å². The Labute approximate surface area is 121 Å².